The Morgan fingerprint density at radius 1 is 0.667 bits per heavy atom. The van der Waals surface area contributed by atoms with Gasteiger partial charge in [-0.2, -0.15) is 32.4 Å². The van der Waals surface area contributed by atoms with Gasteiger partial charge in [-0.3, -0.25) is 10.6 Å². The van der Waals surface area contributed by atoms with Gasteiger partial charge in [-0.05, 0) is 64.1 Å². The third-order valence-electron chi connectivity index (χ3n) is 6.60. The van der Waals surface area contributed by atoms with Gasteiger partial charge in [0, 0.05) is 23.3 Å². The second kappa shape index (κ2) is 14.5. The summed E-state index contributed by atoms with van der Waals surface area (Å²) in [6, 6.07) is 21.7. The highest BCUT2D eigenvalue weighted by molar-refractivity contribution is 14.1. The monoisotopic (exact) mass is 814 g/mol. The van der Waals surface area contributed by atoms with Crippen LogP contribution in [-0.2, 0) is 15.7 Å². The molecule has 2 N–H and O–H groups in total. The number of carbonyl (C=O) groups is 2. The fourth-order valence-electron chi connectivity index (χ4n) is 4.61. The van der Waals surface area contributed by atoms with E-state index in [0.717, 1.165) is 19.3 Å². The fraction of sp³-hybridized carbons (Fsp3) is 0.257. The molecular weight excluding hydrogens is 780 g/mol. The summed E-state index contributed by atoms with van der Waals surface area (Å²) in [5.74, 6) is 0.527. The summed E-state index contributed by atoms with van der Waals surface area (Å²) in [6.07, 6.45) is -3.58. The number of nitrogens with one attached hydrogen (secondary N) is 2. The lowest BCUT2D eigenvalue weighted by molar-refractivity contribution is -0.136. The van der Waals surface area contributed by atoms with Crippen LogP contribution in [0.25, 0.3) is 33.8 Å². The Hall–Kier alpha value is -5.26. The quantitative estimate of drug-likeness (QED) is 0.168. The van der Waals surface area contributed by atoms with Crippen molar-refractivity contribution in [3.8, 4) is 22.5 Å². The molecule has 0 atom stereocenters. The van der Waals surface area contributed by atoms with Gasteiger partial charge < -0.3 is 9.47 Å². The van der Waals surface area contributed by atoms with Crippen LogP contribution in [0, 0.1) is 3.57 Å². The van der Waals surface area contributed by atoms with E-state index in [1.165, 1.54) is 6.07 Å². The Bertz CT molecular complexity index is 2180. The molecule has 6 rings (SSSR count). The summed E-state index contributed by atoms with van der Waals surface area (Å²) in [5.41, 5.74) is 0.528. The smallest absolute Gasteiger partial charge is 0.421 e. The molecule has 0 radical (unpaired) electrons. The first-order valence-electron chi connectivity index (χ1n) is 15.5. The lowest BCUT2D eigenvalue weighted by Gasteiger charge is -2.20. The summed E-state index contributed by atoms with van der Waals surface area (Å²) in [6.45, 7) is 10.5. The van der Waals surface area contributed by atoms with E-state index in [9.17, 15) is 22.8 Å². The first-order valence-corrected chi connectivity index (χ1v) is 16.6. The molecule has 0 saturated heterocycles. The molecule has 2 aromatic carbocycles. The van der Waals surface area contributed by atoms with Gasteiger partial charge in [0.25, 0.3) is 0 Å². The highest BCUT2D eigenvalue weighted by Crippen LogP contribution is 2.34. The molecule has 0 aliphatic rings. The maximum absolute atomic E-state index is 13.3. The number of anilines is 2. The van der Waals surface area contributed by atoms with Crippen LogP contribution in [0.3, 0.4) is 0 Å². The van der Waals surface area contributed by atoms with Gasteiger partial charge >= 0.3 is 18.4 Å². The first-order chi connectivity index (χ1) is 23.9. The second-order valence-electron chi connectivity index (χ2n) is 13.1. The molecule has 0 bridgehead atoms. The Labute approximate surface area is 304 Å². The number of amides is 2. The average molecular weight is 815 g/mol. The van der Waals surface area contributed by atoms with Gasteiger partial charge in [0.15, 0.2) is 11.3 Å². The van der Waals surface area contributed by atoms with E-state index < -0.39 is 40.8 Å². The van der Waals surface area contributed by atoms with Crippen LogP contribution in [0.5, 0.6) is 0 Å². The molecule has 6 aromatic rings. The van der Waals surface area contributed by atoms with Gasteiger partial charge in [-0.25, -0.2) is 19.6 Å². The zero-order valence-corrected chi connectivity index (χ0v) is 30.6. The van der Waals surface area contributed by atoms with Gasteiger partial charge in [0.2, 0.25) is 0 Å². The van der Waals surface area contributed by atoms with Crippen molar-refractivity contribution in [2.45, 2.75) is 58.9 Å². The van der Waals surface area contributed by atoms with Crippen LogP contribution in [0.4, 0.5) is 34.4 Å². The van der Waals surface area contributed by atoms with E-state index in [2.05, 4.69) is 53.4 Å². The molecular formula is C35H34F3IN8O4. The molecule has 0 aliphatic carbocycles. The molecule has 0 fully saturated rings. The Morgan fingerprint density at radius 3 is 1.51 bits per heavy atom. The number of hydrogen-bond donors (Lipinski definition) is 2. The number of rotatable bonds is 4. The van der Waals surface area contributed by atoms with Crippen LogP contribution in [0.2, 0.25) is 0 Å². The molecule has 266 valence electrons. The lowest BCUT2D eigenvalue weighted by Crippen LogP contribution is -2.28. The number of benzene rings is 2. The molecule has 4 heterocycles. The van der Waals surface area contributed by atoms with Crippen molar-refractivity contribution in [3.63, 3.8) is 0 Å². The van der Waals surface area contributed by atoms with Gasteiger partial charge in [-0.15, -0.1) is 0 Å². The van der Waals surface area contributed by atoms with Gasteiger partial charge in [0.05, 0.1) is 27.4 Å². The number of aromatic nitrogens is 6. The molecule has 0 saturated carbocycles. The number of ether oxygens (including phenoxy) is 2. The summed E-state index contributed by atoms with van der Waals surface area (Å²) >= 11 is 2.17. The fourth-order valence-corrected chi connectivity index (χ4v) is 5.08. The zero-order valence-electron chi connectivity index (χ0n) is 28.4. The Kier molecular flexibility index (Phi) is 10.5. The molecule has 12 nitrogen and oxygen atoms in total. The third-order valence-corrected chi connectivity index (χ3v) is 7.36. The molecule has 0 unspecified atom stereocenters. The molecule has 4 aromatic heterocycles. The minimum absolute atomic E-state index is 0.0172. The van der Waals surface area contributed by atoms with E-state index in [-0.39, 0.29) is 11.5 Å². The molecule has 0 spiro atoms. The predicted molar refractivity (Wildman–Crippen MR) is 194 cm³/mol. The van der Waals surface area contributed by atoms with Gasteiger partial charge in [-0.1, -0.05) is 60.7 Å². The van der Waals surface area contributed by atoms with Gasteiger partial charge in [0.1, 0.15) is 28.4 Å². The predicted octanol–water partition coefficient (Wildman–Crippen LogP) is 9.11. The lowest BCUT2D eigenvalue weighted by atomic mass is 10.1. The van der Waals surface area contributed by atoms with Crippen molar-refractivity contribution in [1.29, 1.82) is 0 Å². The average Bonchev–Trinajstić information content (AvgIpc) is 3.65. The summed E-state index contributed by atoms with van der Waals surface area (Å²) in [7, 11) is 0. The van der Waals surface area contributed by atoms with Crippen LogP contribution >= 0.6 is 22.6 Å². The molecule has 0 aliphatic heterocycles. The summed E-state index contributed by atoms with van der Waals surface area (Å²) < 4.78 is 53.8. The number of halogens is 4. The van der Waals surface area contributed by atoms with Crippen LogP contribution in [-0.4, -0.2) is 52.6 Å². The largest absolute Gasteiger partial charge is 0.444 e. The van der Waals surface area contributed by atoms with Crippen molar-refractivity contribution in [2.24, 2.45) is 0 Å². The number of nitrogens with zero attached hydrogens (tertiary/aromatic N) is 6. The van der Waals surface area contributed by atoms with E-state index in [4.69, 9.17) is 9.47 Å². The minimum Gasteiger partial charge on any atom is -0.444 e. The van der Waals surface area contributed by atoms with Crippen LogP contribution in [0.15, 0.2) is 85.2 Å². The molecule has 2 amide bonds. The highest BCUT2D eigenvalue weighted by atomic mass is 127. The topological polar surface area (TPSA) is 137 Å². The standard InChI is InChI=1S/C18H17F3N4O2.C17H17IN4O2/c1-17(2,3)27-16(26)24-14-9-13(11-7-5-4-6-8-11)23-15-12(18(19,20)21)10-22-25(14)15;1-17(2,3)24-16(23)21-14-9-13(11-7-5-4-6-8-11)20-15-12(18)10-19-22(14)15/h4-10H,1-3H3,(H,24,26);4-10H,1-3H3,(H,21,23). The Balaban J connectivity index is 0.000000199. The van der Waals surface area contributed by atoms with E-state index in [1.54, 1.807) is 67.9 Å². The van der Waals surface area contributed by atoms with Crippen molar-refractivity contribution in [2.75, 3.05) is 10.6 Å². The van der Waals surface area contributed by atoms with E-state index in [1.807, 2.05) is 51.1 Å². The maximum Gasteiger partial charge on any atom is 0.421 e. The Morgan fingerprint density at radius 2 is 1.08 bits per heavy atom. The number of fused-ring (bicyclic) bond motifs is 2. The van der Waals surface area contributed by atoms with Crippen molar-refractivity contribution in [3.05, 3.63) is 94.3 Å². The van der Waals surface area contributed by atoms with Crippen LogP contribution < -0.4 is 10.6 Å². The van der Waals surface area contributed by atoms with E-state index >= 15 is 0 Å². The third kappa shape index (κ3) is 9.50. The number of alkyl halides is 3. The highest BCUT2D eigenvalue weighted by Gasteiger charge is 2.36. The maximum atomic E-state index is 13.3. The van der Waals surface area contributed by atoms with Crippen molar-refractivity contribution in [1.82, 2.24) is 29.2 Å². The zero-order chi connectivity index (χ0) is 37.1. The number of carbonyl (C=O) groups excluding carboxylic acids is 2. The molecule has 16 heteroatoms. The molecule has 51 heavy (non-hydrogen) atoms. The SMILES string of the molecule is CC(C)(C)OC(=O)Nc1cc(-c2ccccc2)nc2c(C(F)(F)F)cnn12.CC(C)(C)OC(=O)Nc1cc(-c2ccccc2)nc2c(I)cnn12. The van der Waals surface area contributed by atoms with E-state index in [0.29, 0.717) is 23.2 Å². The number of hydrogen-bond acceptors (Lipinski definition) is 8. The van der Waals surface area contributed by atoms with Crippen molar-refractivity contribution >= 4 is 57.7 Å². The first kappa shape index (κ1) is 37.0. The normalized spacial score (nSPS) is 11.9. The second-order valence-corrected chi connectivity index (χ2v) is 14.2. The summed E-state index contributed by atoms with van der Waals surface area (Å²) in [4.78, 5) is 33.0. The van der Waals surface area contributed by atoms with Crippen molar-refractivity contribution < 1.29 is 32.2 Å². The minimum atomic E-state index is -4.63. The van der Waals surface area contributed by atoms with Crippen LogP contribution in [0.1, 0.15) is 47.1 Å². The summed E-state index contributed by atoms with van der Waals surface area (Å²) in [5, 5.41) is 13.2.